The summed E-state index contributed by atoms with van der Waals surface area (Å²) in [6, 6.07) is 13.9. The van der Waals surface area contributed by atoms with E-state index in [0.29, 0.717) is 10.8 Å². The Bertz CT molecular complexity index is 1420. The van der Waals surface area contributed by atoms with Crippen LogP contribution in [0.1, 0.15) is 51.2 Å². The Labute approximate surface area is 206 Å². The van der Waals surface area contributed by atoms with E-state index in [1.54, 1.807) is 35.6 Å². The third-order valence-corrected chi connectivity index (χ3v) is 7.56. The highest BCUT2D eigenvalue weighted by Gasteiger charge is 2.32. The number of halogens is 1. The second-order valence-electron chi connectivity index (χ2n) is 8.49. The van der Waals surface area contributed by atoms with Crippen molar-refractivity contribution in [2.75, 3.05) is 0 Å². The van der Waals surface area contributed by atoms with Gasteiger partial charge in [-0.2, -0.15) is 0 Å². The molecule has 1 aliphatic heterocycles. The molecule has 3 heterocycles. The first-order valence-electron chi connectivity index (χ1n) is 11.0. The van der Waals surface area contributed by atoms with E-state index in [9.17, 15) is 9.90 Å². The molecule has 2 aromatic heterocycles. The quantitative estimate of drug-likeness (QED) is 0.388. The van der Waals surface area contributed by atoms with Gasteiger partial charge in [0.1, 0.15) is 28.4 Å². The van der Waals surface area contributed by atoms with Gasteiger partial charge >= 0.3 is 0 Å². The highest BCUT2D eigenvalue weighted by molar-refractivity contribution is 7.15. The Morgan fingerprint density at radius 3 is 2.47 bits per heavy atom. The standard InChI is InChI=1S/C26H23ClN4O2S/c1-14-15(2)34-26-23(14)24(18-6-8-19(27)9-7-18)28-22(25-30-29-16(3)31(25)26)13-21(33)12-17-4-10-20(32)11-5-17/h4-11,22,32H,12-13H2,1-3H3/t22-/m0/s1. The van der Waals surface area contributed by atoms with E-state index in [1.807, 2.05) is 35.8 Å². The van der Waals surface area contributed by atoms with Gasteiger partial charge in [0.05, 0.1) is 5.71 Å². The van der Waals surface area contributed by atoms with E-state index in [4.69, 9.17) is 16.6 Å². The molecule has 34 heavy (non-hydrogen) atoms. The lowest BCUT2D eigenvalue weighted by molar-refractivity contribution is -0.118. The van der Waals surface area contributed by atoms with Gasteiger partial charge in [-0.25, -0.2) is 0 Å². The minimum Gasteiger partial charge on any atom is -0.508 e. The van der Waals surface area contributed by atoms with Crippen molar-refractivity contribution in [2.45, 2.75) is 39.7 Å². The number of aromatic nitrogens is 3. The van der Waals surface area contributed by atoms with Gasteiger partial charge in [-0.05, 0) is 56.2 Å². The van der Waals surface area contributed by atoms with Crippen molar-refractivity contribution < 1.29 is 9.90 Å². The molecule has 0 saturated carbocycles. The van der Waals surface area contributed by atoms with Crippen molar-refractivity contribution in [1.29, 1.82) is 0 Å². The molecule has 172 valence electrons. The summed E-state index contributed by atoms with van der Waals surface area (Å²) in [5, 5.41) is 20.0. The van der Waals surface area contributed by atoms with Gasteiger partial charge in [-0.1, -0.05) is 35.9 Å². The van der Waals surface area contributed by atoms with Gasteiger partial charge in [-0.15, -0.1) is 21.5 Å². The molecule has 0 spiro atoms. The number of aryl methyl sites for hydroxylation is 2. The number of nitrogens with zero attached hydrogens (tertiary/aromatic N) is 4. The van der Waals surface area contributed by atoms with Crippen molar-refractivity contribution in [1.82, 2.24) is 14.8 Å². The first-order chi connectivity index (χ1) is 16.3. The number of benzene rings is 2. The monoisotopic (exact) mass is 490 g/mol. The number of carbonyl (C=O) groups excluding carboxylic acids is 1. The molecule has 0 fully saturated rings. The van der Waals surface area contributed by atoms with Crippen molar-refractivity contribution in [3.05, 3.63) is 92.3 Å². The number of aliphatic imine (C=N–C) groups is 1. The molecular weight excluding hydrogens is 468 g/mol. The normalized spacial score (nSPS) is 14.8. The number of phenolic OH excluding ortho intramolecular Hbond substituents is 1. The van der Waals surface area contributed by atoms with Crippen LogP contribution in [0.4, 0.5) is 0 Å². The summed E-state index contributed by atoms with van der Waals surface area (Å²) in [4.78, 5) is 19.4. The Hall–Kier alpha value is -3.29. The van der Waals surface area contributed by atoms with Gasteiger partial charge in [0.25, 0.3) is 0 Å². The van der Waals surface area contributed by atoms with Crippen molar-refractivity contribution in [3.8, 4) is 10.8 Å². The Kier molecular flexibility index (Phi) is 5.83. The van der Waals surface area contributed by atoms with Crippen LogP contribution in [0.3, 0.4) is 0 Å². The van der Waals surface area contributed by atoms with E-state index in [1.165, 1.54) is 4.88 Å². The van der Waals surface area contributed by atoms with Crippen LogP contribution in [-0.2, 0) is 11.2 Å². The molecule has 0 amide bonds. The number of aromatic hydroxyl groups is 1. The molecule has 0 unspecified atom stereocenters. The molecule has 0 aliphatic carbocycles. The van der Waals surface area contributed by atoms with Crippen LogP contribution >= 0.6 is 22.9 Å². The van der Waals surface area contributed by atoms with Crippen LogP contribution in [0.15, 0.2) is 53.5 Å². The fourth-order valence-electron chi connectivity index (χ4n) is 4.26. The average Bonchev–Trinajstić information content (AvgIpc) is 3.28. The lowest BCUT2D eigenvalue weighted by atomic mass is 9.99. The molecule has 1 N–H and O–H groups in total. The maximum atomic E-state index is 13.1. The first-order valence-corrected chi connectivity index (χ1v) is 12.2. The number of Topliss-reactive ketones (excluding diaryl/α,β-unsaturated/α-hetero) is 1. The van der Waals surface area contributed by atoms with Gasteiger partial charge < -0.3 is 5.11 Å². The summed E-state index contributed by atoms with van der Waals surface area (Å²) >= 11 is 7.84. The van der Waals surface area contributed by atoms with Crippen LogP contribution in [0.2, 0.25) is 5.02 Å². The van der Waals surface area contributed by atoms with E-state index in [2.05, 4.69) is 24.0 Å². The Morgan fingerprint density at radius 1 is 1.06 bits per heavy atom. The molecule has 2 aromatic carbocycles. The molecule has 0 radical (unpaired) electrons. The highest BCUT2D eigenvalue weighted by Crippen LogP contribution is 2.39. The second-order valence-corrected chi connectivity index (χ2v) is 10.1. The minimum absolute atomic E-state index is 0.0419. The van der Waals surface area contributed by atoms with Crippen LogP contribution in [0.25, 0.3) is 5.00 Å². The van der Waals surface area contributed by atoms with Gasteiger partial charge in [0.15, 0.2) is 5.82 Å². The second kappa shape index (κ2) is 8.81. The van der Waals surface area contributed by atoms with Crippen molar-refractivity contribution in [3.63, 3.8) is 0 Å². The zero-order valence-corrected chi connectivity index (χ0v) is 20.6. The summed E-state index contributed by atoms with van der Waals surface area (Å²) in [7, 11) is 0. The molecule has 8 heteroatoms. The summed E-state index contributed by atoms with van der Waals surface area (Å²) < 4.78 is 2.05. The van der Waals surface area contributed by atoms with Crippen molar-refractivity contribution in [2.24, 2.45) is 4.99 Å². The van der Waals surface area contributed by atoms with Crippen molar-refractivity contribution >= 4 is 34.4 Å². The van der Waals surface area contributed by atoms with E-state index < -0.39 is 6.04 Å². The molecule has 0 saturated heterocycles. The van der Waals surface area contributed by atoms with Crippen LogP contribution < -0.4 is 0 Å². The fourth-order valence-corrected chi connectivity index (χ4v) is 5.60. The molecule has 5 rings (SSSR count). The Morgan fingerprint density at radius 2 is 1.76 bits per heavy atom. The summed E-state index contributed by atoms with van der Waals surface area (Å²) in [6.45, 7) is 6.13. The topological polar surface area (TPSA) is 80.4 Å². The number of fused-ring (bicyclic) bond motifs is 3. The fraction of sp³-hybridized carbons (Fsp3) is 0.231. The summed E-state index contributed by atoms with van der Waals surface area (Å²) in [6.07, 6.45) is 0.457. The lowest BCUT2D eigenvalue weighted by Gasteiger charge is -2.12. The van der Waals surface area contributed by atoms with E-state index >= 15 is 0 Å². The van der Waals surface area contributed by atoms with E-state index in [-0.39, 0.29) is 24.4 Å². The minimum atomic E-state index is -0.476. The number of phenols is 1. The number of ketones is 1. The van der Waals surface area contributed by atoms with Crippen LogP contribution in [0, 0.1) is 20.8 Å². The van der Waals surface area contributed by atoms with Gasteiger partial charge in [0, 0.05) is 33.9 Å². The maximum absolute atomic E-state index is 13.1. The molecule has 0 bridgehead atoms. The summed E-state index contributed by atoms with van der Waals surface area (Å²) in [5.74, 6) is 1.65. The zero-order chi connectivity index (χ0) is 24.0. The third-order valence-electron chi connectivity index (χ3n) is 6.12. The summed E-state index contributed by atoms with van der Waals surface area (Å²) in [5.41, 5.74) is 4.83. The smallest absolute Gasteiger partial charge is 0.163 e. The van der Waals surface area contributed by atoms with Crippen LogP contribution in [0.5, 0.6) is 5.75 Å². The Balaban J connectivity index is 1.61. The molecule has 6 nitrogen and oxygen atoms in total. The predicted molar refractivity (Wildman–Crippen MR) is 135 cm³/mol. The SMILES string of the molecule is Cc1sc2c(c1C)C(c1ccc(Cl)cc1)=N[C@@H](CC(=O)Cc1ccc(O)cc1)c1nnc(C)n1-2. The first kappa shape index (κ1) is 22.5. The third kappa shape index (κ3) is 4.06. The predicted octanol–water partition coefficient (Wildman–Crippen LogP) is 5.71. The molecular formula is C26H23ClN4O2S. The number of rotatable bonds is 5. The largest absolute Gasteiger partial charge is 0.508 e. The highest BCUT2D eigenvalue weighted by atomic mass is 35.5. The molecule has 1 atom stereocenters. The number of hydrogen-bond acceptors (Lipinski definition) is 6. The van der Waals surface area contributed by atoms with E-state index in [0.717, 1.165) is 38.8 Å². The lowest BCUT2D eigenvalue weighted by Crippen LogP contribution is -2.13. The maximum Gasteiger partial charge on any atom is 0.163 e. The zero-order valence-electron chi connectivity index (χ0n) is 19.0. The number of carbonyl (C=O) groups is 1. The van der Waals surface area contributed by atoms with Crippen LogP contribution in [-0.4, -0.2) is 31.4 Å². The number of thiophene rings is 1. The van der Waals surface area contributed by atoms with Gasteiger partial charge in [0.2, 0.25) is 0 Å². The molecule has 4 aromatic rings. The number of hydrogen-bond donors (Lipinski definition) is 1. The average molecular weight is 491 g/mol. The molecule has 1 aliphatic rings. The van der Waals surface area contributed by atoms with Gasteiger partial charge in [-0.3, -0.25) is 14.4 Å².